The lowest BCUT2D eigenvalue weighted by Crippen LogP contribution is -2.09. The molecule has 1 amide bonds. The molecule has 1 N–H and O–H groups in total. The van der Waals surface area contributed by atoms with Gasteiger partial charge in [-0.1, -0.05) is 66.7 Å². The first-order valence-electron chi connectivity index (χ1n) is 9.49. The number of carbonyl (C=O) groups excluding carboxylic acids is 1. The molecule has 0 saturated heterocycles. The largest absolute Gasteiger partial charge is 0.322 e. The smallest absolute Gasteiger partial charge is 0.248 e. The van der Waals surface area contributed by atoms with Crippen LogP contribution in [0, 0.1) is 0 Å². The highest BCUT2D eigenvalue weighted by Crippen LogP contribution is 2.19. The summed E-state index contributed by atoms with van der Waals surface area (Å²) in [6.45, 7) is 0. The Morgan fingerprint density at radius 3 is 2.38 bits per heavy atom. The highest BCUT2D eigenvalue weighted by Gasteiger charge is 2.06. The first kappa shape index (κ1) is 18.4. The highest BCUT2D eigenvalue weighted by atomic mass is 16.1. The Hall–Kier alpha value is -3.92. The second-order valence-electron chi connectivity index (χ2n) is 6.70. The van der Waals surface area contributed by atoms with Crippen LogP contribution in [0.4, 0.5) is 5.69 Å². The van der Waals surface area contributed by atoms with Crippen molar-refractivity contribution in [2.45, 2.75) is 6.42 Å². The van der Waals surface area contributed by atoms with Gasteiger partial charge in [-0.2, -0.15) is 5.10 Å². The van der Waals surface area contributed by atoms with E-state index in [1.165, 1.54) is 11.6 Å². The van der Waals surface area contributed by atoms with E-state index in [4.69, 9.17) is 0 Å². The molecular formula is C25H21N3O. The van der Waals surface area contributed by atoms with E-state index < -0.39 is 0 Å². The highest BCUT2D eigenvalue weighted by molar-refractivity contribution is 6.02. The van der Waals surface area contributed by atoms with E-state index in [1.54, 1.807) is 17.0 Å². The molecule has 0 aliphatic rings. The van der Waals surface area contributed by atoms with Gasteiger partial charge in [-0.25, -0.2) is 4.68 Å². The normalized spacial score (nSPS) is 10.9. The maximum atomic E-state index is 12.4. The topological polar surface area (TPSA) is 46.9 Å². The number of carbonyl (C=O) groups is 1. The summed E-state index contributed by atoms with van der Waals surface area (Å²) >= 11 is 0. The van der Waals surface area contributed by atoms with E-state index >= 15 is 0 Å². The van der Waals surface area contributed by atoms with Crippen LogP contribution in [0.25, 0.3) is 11.8 Å². The molecule has 0 aliphatic heterocycles. The zero-order valence-electron chi connectivity index (χ0n) is 15.9. The summed E-state index contributed by atoms with van der Waals surface area (Å²) in [7, 11) is 0. The zero-order valence-corrected chi connectivity index (χ0v) is 15.9. The molecule has 0 radical (unpaired) electrons. The summed E-state index contributed by atoms with van der Waals surface area (Å²) in [4.78, 5) is 12.4. The van der Waals surface area contributed by atoms with Gasteiger partial charge in [0.15, 0.2) is 0 Å². The molecule has 4 nitrogen and oxygen atoms in total. The van der Waals surface area contributed by atoms with Gasteiger partial charge in [0, 0.05) is 23.5 Å². The molecule has 1 heterocycles. The van der Waals surface area contributed by atoms with Crippen LogP contribution in [0.2, 0.25) is 0 Å². The Kier molecular flexibility index (Phi) is 5.63. The molecule has 0 fully saturated rings. The molecule has 1 aromatic heterocycles. The average molecular weight is 379 g/mol. The van der Waals surface area contributed by atoms with Crippen molar-refractivity contribution in [3.63, 3.8) is 0 Å². The predicted octanol–water partition coefficient (Wildman–Crippen LogP) is 5.12. The Morgan fingerprint density at radius 1 is 0.897 bits per heavy atom. The van der Waals surface area contributed by atoms with Gasteiger partial charge in [0.2, 0.25) is 5.91 Å². The van der Waals surface area contributed by atoms with Crippen LogP contribution in [0.5, 0.6) is 0 Å². The summed E-state index contributed by atoms with van der Waals surface area (Å²) in [6.07, 6.45) is 7.70. The molecular weight excluding hydrogens is 358 g/mol. The maximum absolute atomic E-state index is 12.4. The molecule has 4 heteroatoms. The van der Waals surface area contributed by atoms with E-state index in [1.807, 2.05) is 79.0 Å². The molecule has 3 aromatic carbocycles. The third-order valence-corrected chi connectivity index (χ3v) is 4.56. The fraction of sp³-hybridized carbons (Fsp3) is 0.0400. The fourth-order valence-corrected chi connectivity index (χ4v) is 3.10. The number of benzene rings is 3. The van der Waals surface area contributed by atoms with Gasteiger partial charge in [-0.3, -0.25) is 4.79 Å². The van der Waals surface area contributed by atoms with Gasteiger partial charge in [0.25, 0.3) is 0 Å². The number of nitrogens with one attached hydrogen (secondary N) is 1. The van der Waals surface area contributed by atoms with Crippen LogP contribution in [0.1, 0.15) is 16.7 Å². The van der Waals surface area contributed by atoms with E-state index in [2.05, 4.69) is 22.5 Å². The maximum Gasteiger partial charge on any atom is 0.248 e. The molecule has 142 valence electrons. The number of hydrogen-bond donors (Lipinski definition) is 1. The Balaban J connectivity index is 1.43. The van der Waals surface area contributed by atoms with Gasteiger partial charge in [0.05, 0.1) is 11.9 Å². The van der Waals surface area contributed by atoms with Crippen molar-refractivity contribution in [1.82, 2.24) is 9.78 Å². The number of amides is 1. The molecule has 29 heavy (non-hydrogen) atoms. The second-order valence-corrected chi connectivity index (χ2v) is 6.70. The molecule has 0 aliphatic carbocycles. The third-order valence-electron chi connectivity index (χ3n) is 4.56. The summed E-state index contributed by atoms with van der Waals surface area (Å²) in [5.41, 5.74) is 4.95. The second kappa shape index (κ2) is 8.85. The monoisotopic (exact) mass is 379 g/mol. The molecule has 4 aromatic rings. The van der Waals surface area contributed by atoms with E-state index in [0.29, 0.717) is 0 Å². The number of aromatic nitrogens is 2. The van der Waals surface area contributed by atoms with Gasteiger partial charge in [-0.15, -0.1) is 0 Å². The molecule has 0 saturated carbocycles. The van der Waals surface area contributed by atoms with Crippen molar-refractivity contribution < 1.29 is 4.79 Å². The van der Waals surface area contributed by atoms with E-state index in [0.717, 1.165) is 28.9 Å². The Morgan fingerprint density at radius 2 is 1.59 bits per heavy atom. The standard InChI is InChI=1S/C25H21N3O/c29-25(16-15-21-18-26-28(19-21)23-12-5-2-6-13-23)27-24-14-8-7-11-22(24)17-20-9-3-1-4-10-20/h1-16,18-19H,17H2,(H,27,29). The van der Waals surface area contributed by atoms with Crippen molar-refractivity contribution in [3.05, 3.63) is 120 Å². The quantitative estimate of drug-likeness (QED) is 0.473. The van der Waals surface area contributed by atoms with Crippen molar-refractivity contribution in [2.75, 3.05) is 5.32 Å². The van der Waals surface area contributed by atoms with E-state index in [-0.39, 0.29) is 5.91 Å². The van der Waals surface area contributed by atoms with Crippen LogP contribution in [0.3, 0.4) is 0 Å². The molecule has 0 unspecified atom stereocenters. The number of hydrogen-bond acceptors (Lipinski definition) is 2. The molecule has 0 atom stereocenters. The van der Waals surface area contributed by atoms with Crippen molar-refractivity contribution in [1.29, 1.82) is 0 Å². The Bertz CT molecular complexity index is 1120. The molecule has 4 rings (SSSR count). The minimum atomic E-state index is -0.169. The fourth-order valence-electron chi connectivity index (χ4n) is 3.10. The third kappa shape index (κ3) is 4.87. The number of rotatable bonds is 6. The lowest BCUT2D eigenvalue weighted by Gasteiger charge is -2.10. The lowest BCUT2D eigenvalue weighted by atomic mass is 10.0. The van der Waals surface area contributed by atoms with Gasteiger partial charge in [0.1, 0.15) is 0 Å². The first-order valence-corrected chi connectivity index (χ1v) is 9.49. The minimum Gasteiger partial charge on any atom is -0.322 e. The van der Waals surface area contributed by atoms with Crippen LogP contribution in [-0.4, -0.2) is 15.7 Å². The predicted molar refractivity (Wildman–Crippen MR) is 117 cm³/mol. The van der Waals surface area contributed by atoms with Gasteiger partial charge >= 0.3 is 0 Å². The summed E-state index contributed by atoms with van der Waals surface area (Å²) in [5, 5.41) is 7.33. The van der Waals surface area contributed by atoms with E-state index in [9.17, 15) is 4.79 Å². The van der Waals surface area contributed by atoms with Crippen molar-refractivity contribution >= 4 is 17.7 Å². The number of para-hydroxylation sites is 2. The van der Waals surface area contributed by atoms with Crippen molar-refractivity contribution in [2.24, 2.45) is 0 Å². The van der Waals surface area contributed by atoms with Crippen LogP contribution < -0.4 is 5.32 Å². The van der Waals surface area contributed by atoms with Crippen LogP contribution in [-0.2, 0) is 11.2 Å². The summed E-state index contributed by atoms with van der Waals surface area (Å²) in [6, 6.07) is 28.0. The van der Waals surface area contributed by atoms with Crippen LogP contribution in [0.15, 0.2) is 103 Å². The molecule has 0 bridgehead atoms. The van der Waals surface area contributed by atoms with Crippen LogP contribution >= 0.6 is 0 Å². The zero-order chi connectivity index (χ0) is 19.9. The lowest BCUT2D eigenvalue weighted by molar-refractivity contribution is -0.111. The SMILES string of the molecule is O=C(C=Cc1cnn(-c2ccccc2)c1)Nc1ccccc1Cc1ccccc1. The first-order chi connectivity index (χ1) is 14.3. The Labute approximate surface area is 170 Å². The molecule has 0 spiro atoms. The summed E-state index contributed by atoms with van der Waals surface area (Å²) in [5.74, 6) is -0.169. The average Bonchev–Trinajstić information content (AvgIpc) is 3.24. The van der Waals surface area contributed by atoms with Gasteiger partial charge < -0.3 is 5.32 Å². The minimum absolute atomic E-state index is 0.169. The summed E-state index contributed by atoms with van der Waals surface area (Å²) < 4.78 is 1.78. The van der Waals surface area contributed by atoms with Crippen molar-refractivity contribution in [3.8, 4) is 5.69 Å². The van der Waals surface area contributed by atoms with Gasteiger partial charge in [-0.05, 0) is 41.8 Å². The number of nitrogens with zero attached hydrogens (tertiary/aromatic N) is 2. The number of anilines is 1.